The fourth-order valence-electron chi connectivity index (χ4n) is 2.42. The molecule has 0 saturated heterocycles. The molecule has 102 valence electrons. The normalized spacial score (nSPS) is 14.3. The van der Waals surface area contributed by atoms with Crippen LogP contribution >= 0.6 is 0 Å². The highest BCUT2D eigenvalue weighted by molar-refractivity contribution is 5.21. The van der Waals surface area contributed by atoms with E-state index in [0.717, 1.165) is 18.8 Å². The van der Waals surface area contributed by atoms with E-state index in [4.69, 9.17) is 0 Å². The first-order valence-electron chi connectivity index (χ1n) is 6.85. The van der Waals surface area contributed by atoms with Gasteiger partial charge in [0.25, 0.3) is 0 Å². The maximum Gasteiger partial charge on any atom is 0.138 e. The van der Waals surface area contributed by atoms with Crippen molar-refractivity contribution in [1.82, 2.24) is 20.1 Å². The van der Waals surface area contributed by atoms with Gasteiger partial charge in [-0.1, -0.05) is 37.3 Å². The standard InChI is InChI=1S/C15H22N4/c1-4-19-15(17-11-18-19)10-14(16-3)12(2)13-8-6-5-7-9-13/h5-9,11-12,14,16H,4,10H2,1-3H3. The fraction of sp³-hybridized carbons (Fsp3) is 0.467. The van der Waals surface area contributed by atoms with Crippen molar-refractivity contribution in [1.29, 1.82) is 0 Å². The fourth-order valence-corrected chi connectivity index (χ4v) is 2.42. The summed E-state index contributed by atoms with van der Waals surface area (Å²) in [6.07, 6.45) is 2.53. The third-order valence-electron chi connectivity index (χ3n) is 3.70. The lowest BCUT2D eigenvalue weighted by molar-refractivity contribution is 0.458. The lowest BCUT2D eigenvalue weighted by Gasteiger charge is -2.23. The SMILES string of the molecule is CCn1ncnc1CC(NC)C(C)c1ccccc1. The summed E-state index contributed by atoms with van der Waals surface area (Å²) in [6, 6.07) is 11.0. The number of hydrogen-bond acceptors (Lipinski definition) is 3. The summed E-state index contributed by atoms with van der Waals surface area (Å²) in [7, 11) is 2.01. The monoisotopic (exact) mass is 258 g/mol. The van der Waals surface area contributed by atoms with Crippen molar-refractivity contribution in [2.45, 2.75) is 38.8 Å². The predicted octanol–water partition coefficient (Wildman–Crippen LogP) is 2.23. The van der Waals surface area contributed by atoms with Gasteiger partial charge in [0.2, 0.25) is 0 Å². The van der Waals surface area contributed by atoms with Crippen molar-refractivity contribution in [3.05, 3.63) is 48.0 Å². The average Bonchev–Trinajstić information content (AvgIpc) is 2.92. The van der Waals surface area contributed by atoms with Crippen LogP contribution in [0.15, 0.2) is 36.7 Å². The summed E-state index contributed by atoms with van der Waals surface area (Å²) in [5.41, 5.74) is 1.35. The van der Waals surface area contributed by atoms with Crippen LogP contribution in [0.5, 0.6) is 0 Å². The number of likely N-dealkylation sites (N-methyl/N-ethyl adjacent to an activating group) is 1. The zero-order chi connectivity index (χ0) is 13.7. The maximum atomic E-state index is 4.36. The van der Waals surface area contributed by atoms with Crippen LogP contribution < -0.4 is 5.32 Å². The number of nitrogens with one attached hydrogen (secondary N) is 1. The van der Waals surface area contributed by atoms with E-state index in [0.29, 0.717) is 12.0 Å². The van der Waals surface area contributed by atoms with Gasteiger partial charge in [0.15, 0.2) is 0 Å². The van der Waals surface area contributed by atoms with Crippen molar-refractivity contribution in [3.8, 4) is 0 Å². The Bertz CT molecular complexity index is 492. The second-order valence-electron chi connectivity index (χ2n) is 4.79. The molecule has 1 heterocycles. The van der Waals surface area contributed by atoms with Crippen LogP contribution in [0, 0.1) is 0 Å². The number of aryl methyl sites for hydroxylation is 1. The molecule has 0 saturated carbocycles. The van der Waals surface area contributed by atoms with Gasteiger partial charge >= 0.3 is 0 Å². The summed E-state index contributed by atoms with van der Waals surface area (Å²) in [6.45, 7) is 5.21. The molecule has 0 aliphatic carbocycles. The topological polar surface area (TPSA) is 42.7 Å². The van der Waals surface area contributed by atoms with Crippen LogP contribution in [-0.2, 0) is 13.0 Å². The summed E-state index contributed by atoms with van der Waals surface area (Å²) in [4.78, 5) is 4.36. The summed E-state index contributed by atoms with van der Waals surface area (Å²) >= 11 is 0. The van der Waals surface area contributed by atoms with Gasteiger partial charge in [0, 0.05) is 19.0 Å². The summed E-state index contributed by atoms with van der Waals surface area (Å²) in [5.74, 6) is 1.48. The molecule has 0 radical (unpaired) electrons. The van der Waals surface area contributed by atoms with Gasteiger partial charge in [-0.2, -0.15) is 5.10 Å². The Morgan fingerprint density at radius 1 is 1.26 bits per heavy atom. The first-order chi connectivity index (χ1) is 9.26. The van der Waals surface area contributed by atoms with Gasteiger partial charge in [0.1, 0.15) is 12.2 Å². The van der Waals surface area contributed by atoms with Crippen LogP contribution in [0.2, 0.25) is 0 Å². The minimum absolute atomic E-state index is 0.358. The van der Waals surface area contributed by atoms with E-state index in [1.807, 2.05) is 11.7 Å². The Kier molecular flexibility index (Phi) is 4.68. The molecule has 0 amide bonds. The van der Waals surface area contributed by atoms with Gasteiger partial charge < -0.3 is 5.32 Å². The molecular formula is C15H22N4. The Balaban J connectivity index is 2.12. The minimum atomic E-state index is 0.358. The van der Waals surface area contributed by atoms with E-state index in [9.17, 15) is 0 Å². The highest BCUT2D eigenvalue weighted by Crippen LogP contribution is 2.20. The lowest BCUT2D eigenvalue weighted by atomic mass is 9.91. The first-order valence-corrected chi connectivity index (χ1v) is 6.85. The Morgan fingerprint density at radius 3 is 2.63 bits per heavy atom. The quantitative estimate of drug-likeness (QED) is 0.864. The van der Waals surface area contributed by atoms with Gasteiger partial charge in [-0.25, -0.2) is 4.98 Å². The van der Waals surface area contributed by atoms with E-state index in [1.54, 1.807) is 6.33 Å². The van der Waals surface area contributed by atoms with Gasteiger partial charge in [0.05, 0.1) is 0 Å². The molecule has 2 atom stereocenters. The van der Waals surface area contributed by atoms with E-state index >= 15 is 0 Å². The van der Waals surface area contributed by atoms with Gasteiger partial charge in [-0.05, 0) is 25.5 Å². The summed E-state index contributed by atoms with van der Waals surface area (Å²) < 4.78 is 1.96. The van der Waals surface area contributed by atoms with Gasteiger partial charge in [-0.3, -0.25) is 4.68 Å². The molecule has 2 rings (SSSR count). The summed E-state index contributed by atoms with van der Waals surface area (Å²) in [5, 5.41) is 7.64. The molecule has 0 bridgehead atoms. The molecule has 4 nitrogen and oxygen atoms in total. The van der Waals surface area contributed by atoms with Crippen molar-refractivity contribution < 1.29 is 0 Å². The zero-order valence-electron chi connectivity index (χ0n) is 11.9. The van der Waals surface area contributed by atoms with E-state index in [1.165, 1.54) is 5.56 Å². The van der Waals surface area contributed by atoms with Crippen LogP contribution in [0.1, 0.15) is 31.2 Å². The average molecular weight is 258 g/mol. The third-order valence-corrected chi connectivity index (χ3v) is 3.70. The van der Waals surface area contributed by atoms with Crippen molar-refractivity contribution in [2.24, 2.45) is 0 Å². The second-order valence-corrected chi connectivity index (χ2v) is 4.79. The molecular weight excluding hydrogens is 236 g/mol. The smallest absolute Gasteiger partial charge is 0.138 e. The molecule has 0 spiro atoms. The molecule has 1 aromatic heterocycles. The molecule has 19 heavy (non-hydrogen) atoms. The molecule has 2 unspecified atom stereocenters. The molecule has 4 heteroatoms. The number of rotatable bonds is 6. The lowest BCUT2D eigenvalue weighted by Crippen LogP contribution is -2.34. The van der Waals surface area contributed by atoms with Crippen molar-refractivity contribution >= 4 is 0 Å². The van der Waals surface area contributed by atoms with Crippen molar-refractivity contribution in [2.75, 3.05) is 7.05 Å². The molecule has 2 aromatic rings. The van der Waals surface area contributed by atoms with E-state index in [-0.39, 0.29) is 0 Å². The number of nitrogens with zero attached hydrogens (tertiary/aromatic N) is 3. The second kappa shape index (κ2) is 6.48. The Labute approximate surface area is 114 Å². The molecule has 1 N–H and O–H groups in total. The van der Waals surface area contributed by atoms with Crippen LogP contribution in [0.3, 0.4) is 0 Å². The minimum Gasteiger partial charge on any atom is -0.316 e. The predicted molar refractivity (Wildman–Crippen MR) is 77.1 cm³/mol. The highest BCUT2D eigenvalue weighted by atomic mass is 15.3. The number of aromatic nitrogens is 3. The Morgan fingerprint density at radius 2 is 2.00 bits per heavy atom. The van der Waals surface area contributed by atoms with Crippen LogP contribution in [0.4, 0.5) is 0 Å². The molecule has 0 fully saturated rings. The molecule has 0 aliphatic rings. The maximum absolute atomic E-state index is 4.36. The number of hydrogen-bond donors (Lipinski definition) is 1. The van der Waals surface area contributed by atoms with Crippen LogP contribution in [-0.4, -0.2) is 27.9 Å². The van der Waals surface area contributed by atoms with Crippen molar-refractivity contribution in [3.63, 3.8) is 0 Å². The zero-order valence-corrected chi connectivity index (χ0v) is 11.9. The molecule has 1 aromatic carbocycles. The molecule has 0 aliphatic heterocycles. The Hall–Kier alpha value is -1.68. The van der Waals surface area contributed by atoms with E-state index in [2.05, 4.69) is 59.6 Å². The van der Waals surface area contributed by atoms with Crippen LogP contribution in [0.25, 0.3) is 0 Å². The highest BCUT2D eigenvalue weighted by Gasteiger charge is 2.19. The largest absolute Gasteiger partial charge is 0.316 e. The van der Waals surface area contributed by atoms with Gasteiger partial charge in [-0.15, -0.1) is 0 Å². The third kappa shape index (κ3) is 3.20. The van der Waals surface area contributed by atoms with E-state index < -0.39 is 0 Å². The number of benzene rings is 1. The first kappa shape index (κ1) is 13.7.